The fraction of sp³-hybridized carbons (Fsp3) is 0.167. The van der Waals surface area contributed by atoms with Gasteiger partial charge in [0, 0.05) is 16.3 Å². The van der Waals surface area contributed by atoms with Gasteiger partial charge in [0.1, 0.15) is 6.54 Å². The summed E-state index contributed by atoms with van der Waals surface area (Å²) in [6.07, 6.45) is -4.55. The van der Waals surface area contributed by atoms with Gasteiger partial charge >= 0.3 is 12.1 Å². The van der Waals surface area contributed by atoms with Crippen molar-refractivity contribution in [1.82, 2.24) is 5.32 Å². The number of halogens is 4. The van der Waals surface area contributed by atoms with Crippen LogP contribution in [0.15, 0.2) is 48.5 Å². The van der Waals surface area contributed by atoms with Gasteiger partial charge in [-0.1, -0.05) is 17.7 Å². The Morgan fingerprint density at radius 3 is 2.36 bits per heavy atom. The Hall–Kier alpha value is -3.07. The number of anilines is 1. The van der Waals surface area contributed by atoms with Gasteiger partial charge in [0.25, 0.3) is 11.8 Å². The van der Waals surface area contributed by atoms with Crippen LogP contribution in [0.2, 0.25) is 5.02 Å². The van der Waals surface area contributed by atoms with Crippen LogP contribution in [0, 0.1) is 0 Å². The molecule has 0 unspecified atom stereocenters. The second kappa shape index (κ2) is 9.23. The molecule has 0 fully saturated rings. The number of hydrogen-bond donors (Lipinski definition) is 2. The van der Waals surface area contributed by atoms with Crippen LogP contribution in [0.3, 0.4) is 0 Å². The molecule has 10 heteroatoms. The number of hydrogen-bond acceptors (Lipinski definition) is 4. The third-order valence-corrected chi connectivity index (χ3v) is 3.59. The lowest BCUT2D eigenvalue weighted by molar-refractivity contribution is -0.146. The Bertz CT molecular complexity index is 870. The maximum absolute atomic E-state index is 12.6. The Kier molecular flexibility index (Phi) is 7.00. The number of carbonyl (C=O) groups is 3. The van der Waals surface area contributed by atoms with E-state index in [1.54, 1.807) is 0 Å². The quantitative estimate of drug-likeness (QED) is 0.710. The van der Waals surface area contributed by atoms with E-state index in [1.807, 2.05) is 0 Å². The molecule has 0 aliphatic rings. The molecule has 0 bridgehead atoms. The molecule has 2 aromatic rings. The van der Waals surface area contributed by atoms with Crippen LogP contribution in [-0.2, 0) is 20.5 Å². The van der Waals surface area contributed by atoms with Crippen LogP contribution in [0.25, 0.3) is 0 Å². The van der Waals surface area contributed by atoms with Gasteiger partial charge in [-0.3, -0.25) is 14.4 Å². The number of alkyl halides is 3. The monoisotopic (exact) mass is 414 g/mol. The highest BCUT2D eigenvalue weighted by molar-refractivity contribution is 6.30. The van der Waals surface area contributed by atoms with E-state index in [4.69, 9.17) is 11.6 Å². The second-order valence-electron chi connectivity index (χ2n) is 5.48. The average molecular weight is 415 g/mol. The minimum Gasteiger partial charge on any atom is -0.454 e. The molecule has 148 valence electrons. The number of nitrogens with one attached hydrogen (secondary N) is 2. The summed E-state index contributed by atoms with van der Waals surface area (Å²) in [5.74, 6) is -2.25. The highest BCUT2D eigenvalue weighted by Gasteiger charge is 2.30. The van der Waals surface area contributed by atoms with E-state index in [0.29, 0.717) is 5.02 Å². The van der Waals surface area contributed by atoms with Gasteiger partial charge in [0.05, 0.1) is 5.56 Å². The molecule has 0 saturated carbocycles. The van der Waals surface area contributed by atoms with E-state index in [-0.39, 0.29) is 11.3 Å². The molecule has 2 aromatic carbocycles. The topological polar surface area (TPSA) is 84.5 Å². The predicted molar refractivity (Wildman–Crippen MR) is 94.8 cm³/mol. The molecule has 0 radical (unpaired) electrons. The van der Waals surface area contributed by atoms with E-state index in [1.165, 1.54) is 30.3 Å². The van der Waals surface area contributed by atoms with E-state index in [2.05, 4.69) is 15.4 Å². The predicted octanol–water partition coefficient (Wildman–Crippen LogP) is 3.27. The van der Waals surface area contributed by atoms with Gasteiger partial charge in [-0.15, -0.1) is 0 Å². The fourth-order valence-corrected chi connectivity index (χ4v) is 2.15. The average Bonchev–Trinajstić information content (AvgIpc) is 2.64. The summed E-state index contributed by atoms with van der Waals surface area (Å²) in [4.78, 5) is 35.1. The van der Waals surface area contributed by atoms with Crippen LogP contribution in [0.1, 0.15) is 15.9 Å². The first-order valence-electron chi connectivity index (χ1n) is 7.81. The molecule has 0 aliphatic heterocycles. The van der Waals surface area contributed by atoms with Gasteiger partial charge in [-0.05, 0) is 42.5 Å². The number of esters is 1. The number of ether oxygens (including phenoxy) is 1. The van der Waals surface area contributed by atoms with E-state index in [0.717, 1.165) is 18.2 Å². The first kappa shape index (κ1) is 21.2. The lowest BCUT2D eigenvalue weighted by Crippen LogP contribution is -2.32. The van der Waals surface area contributed by atoms with Gasteiger partial charge in [0.15, 0.2) is 6.61 Å². The molecular formula is C18H14ClF3N2O4. The molecule has 2 amide bonds. The Balaban J connectivity index is 1.77. The van der Waals surface area contributed by atoms with Crippen LogP contribution in [0.5, 0.6) is 0 Å². The Morgan fingerprint density at radius 2 is 1.71 bits per heavy atom. The minimum atomic E-state index is -4.55. The molecule has 0 atom stereocenters. The third-order valence-electron chi connectivity index (χ3n) is 3.34. The molecule has 0 spiro atoms. The van der Waals surface area contributed by atoms with E-state index in [9.17, 15) is 27.6 Å². The van der Waals surface area contributed by atoms with Crippen molar-refractivity contribution in [3.8, 4) is 0 Å². The van der Waals surface area contributed by atoms with Crippen molar-refractivity contribution in [3.05, 3.63) is 64.7 Å². The number of amides is 2. The van der Waals surface area contributed by atoms with Gasteiger partial charge in [-0.25, -0.2) is 0 Å². The molecule has 0 aromatic heterocycles. The summed E-state index contributed by atoms with van der Waals surface area (Å²) in [5.41, 5.74) is -0.737. The highest BCUT2D eigenvalue weighted by Crippen LogP contribution is 2.30. The van der Waals surface area contributed by atoms with Crippen molar-refractivity contribution in [2.45, 2.75) is 6.18 Å². The van der Waals surface area contributed by atoms with Crippen molar-refractivity contribution >= 4 is 35.1 Å². The van der Waals surface area contributed by atoms with Gasteiger partial charge < -0.3 is 15.4 Å². The minimum absolute atomic E-state index is 0.0908. The third kappa shape index (κ3) is 6.58. The molecule has 28 heavy (non-hydrogen) atoms. The summed E-state index contributed by atoms with van der Waals surface area (Å²) in [6, 6.07) is 9.96. The Morgan fingerprint density at radius 1 is 1.04 bits per heavy atom. The smallest absolute Gasteiger partial charge is 0.416 e. The van der Waals surface area contributed by atoms with E-state index < -0.39 is 42.7 Å². The van der Waals surface area contributed by atoms with Crippen molar-refractivity contribution in [1.29, 1.82) is 0 Å². The molecule has 2 rings (SSSR count). The molecular weight excluding hydrogens is 401 g/mol. The molecule has 0 aliphatic carbocycles. The van der Waals surface area contributed by atoms with Crippen LogP contribution in [-0.4, -0.2) is 30.9 Å². The Labute approximate surface area is 162 Å². The maximum Gasteiger partial charge on any atom is 0.416 e. The zero-order chi connectivity index (χ0) is 20.7. The molecule has 0 saturated heterocycles. The summed E-state index contributed by atoms with van der Waals surface area (Å²) >= 11 is 5.70. The van der Waals surface area contributed by atoms with Crippen molar-refractivity contribution < 1.29 is 32.3 Å². The lowest BCUT2D eigenvalue weighted by Gasteiger charge is -2.10. The van der Waals surface area contributed by atoms with Crippen molar-refractivity contribution in [2.75, 3.05) is 18.5 Å². The standard InChI is InChI=1S/C18H14ClF3N2O4/c19-13-6-4-11(5-7-13)17(27)23-9-16(26)28-10-15(25)24-14-3-1-2-12(8-14)18(20,21)22/h1-8H,9-10H2,(H,23,27)(H,24,25). The normalized spacial score (nSPS) is 10.9. The highest BCUT2D eigenvalue weighted by atomic mass is 35.5. The van der Waals surface area contributed by atoms with Crippen LogP contribution >= 0.6 is 11.6 Å². The summed E-state index contributed by atoms with van der Waals surface area (Å²) in [5, 5.41) is 4.94. The molecule has 6 nitrogen and oxygen atoms in total. The van der Waals surface area contributed by atoms with Crippen LogP contribution in [0.4, 0.5) is 18.9 Å². The summed E-state index contributed by atoms with van der Waals surface area (Å²) in [6.45, 7) is -1.20. The summed E-state index contributed by atoms with van der Waals surface area (Å²) < 4.78 is 42.6. The largest absolute Gasteiger partial charge is 0.454 e. The zero-order valence-electron chi connectivity index (χ0n) is 14.2. The second-order valence-corrected chi connectivity index (χ2v) is 5.91. The number of benzene rings is 2. The maximum atomic E-state index is 12.6. The first-order chi connectivity index (χ1) is 13.1. The number of rotatable bonds is 6. The van der Waals surface area contributed by atoms with E-state index >= 15 is 0 Å². The SMILES string of the molecule is O=C(COC(=O)CNC(=O)c1ccc(Cl)cc1)Nc1cccc(C(F)(F)F)c1. The summed E-state index contributed by atoms with van der Waals surface area (Å²) in [7, 11) is 0. The molecule has 2 N–H and O–H groups in total. The fourth-order valence-electron chi connectivity index (χ4n) is 2.02. The lowest BCUT2D eigenvalue weighted by atomic mass is 10.2. The van der Waals surface area contributed by atoms with Gasteiger partial charge in [0.2, 0.25) is 0 Å². The number of carbonyl (C=O) groups excluding carboxylic acids is 3. The van der Waals surface area contributed by atoms with Crippen molar-refractivity contribution in [2.24, 2.45) is 0 Å². The molecule has 0 heterocycles. The van der Waals surface area contributed by atoms with Crippen molar-refractivity contribution in [3.63, 3.8) is 0 Å². The van der Waals surface area contributed by atoms with Gasteiger partial charge in [-0.2, -0.15) is 13.2 Å². The zero-order valence-corrected chi connectivity index (χ0v) is 14.9. The first-order valence-corrected chi connectivity index (χ1v) is 8.19. The van der Waals surface area contributed by atoms with Crippen LogP contribution < -0.4 is 10.6 Å².